The standard InChI is InChI=1S/C14H28N2O3/c1-5-10(4)6-11(7-12(17)18)8-16-14(19)13(15)9(2)3/h9-11,13H,5-8,15H2,1-4H3,(H,16,19)(H,17,18). The van der Waals surface area contributed by atoms with E-state index in [1.54, 1.807) is 0 Å². The second kappa shape index (κ2) is 8.91. The van der Waals surface area contributed by atoms with Crippen LogP contribution in [0.3, 0.4) is 0 Å². The quantitative estimate of drug-likeness (QED) is 0.594. The lowest BCUT2D eigenvalue weighted by molar-refractivity contribution is -0.138. The van der Waals surface area contributed by atoms with Crippen molar-refractivity contribution >= 4 is 11.9 Å². The Morgan fingerprint density at radius 2 is 1.84 bits per heavy atom. The maximum Gasteiger partial charge on any atom is 0.303 e. The van der Waals surface area contributed by atoms with E-state index in [0.29, 0.717) is 12.5 Å². The molecular weight excluding hydrogens is 244 g/mol. The fraction of sp³-hybridized carbons (Fsp3) is 0.857. The molecule has 0 aromatic rings. The summed E-state index contributed by atoms with van der Waals surface area (Å²) in [4.78, 5) is 22.6. The Bertz CT molecular complexity index is 292. The van der Waals surface area contributed by atoms with Gasteiger partial charge in [-0.3, -0.25) is 9.59 Å². The number of carbonyl (C=O) groups is 2. The average molecular weight is 272 g/mol. The lowest BCUT2D eigenvalue weighted by Gasteiger charge is -2.21. The first-order chi connectivity index (χ1) is 8.77. The third-order valence-corrected chi connectivity index (χ3v) is 3.48. The van der Waals surface area contributed by atoms with Crippen LogP contribution in [0.25, 0.3) is 0 Å². The van der Waals surface area contributed by atoms with E-state index in [-0.39, 0.29) is 24.2 Å². The van der Waals surface area contributed by atoms with Gasteiger partial charge in [-0.05, 0) is 24.2 Å². The smallest absolute Gasteiger partial charge is 0.303 e. The molecule has 5 heteroatoms. The minimum atomic E-state index is -0.823. The van der Waals surface area contributed by atoms with E-state index in [2.05, 4.69) is 19.2 Å². The molecular formula is C14H28N2O3. The van der Waals surface area contributed by atoms with Crippen molar-refractivity contribution in [3.63, 3.8) is 0 Å². The highest BCUT2D eigenvalue weighted by atomic mass is 16.4. The Balaban J connectivity index is 4.32. The third kappa shape index (κ3) is 7.82. The van der Waals surface area contributed by atoms with Crippen LogP contribution in [0.1, 0.15) is 47.0 Å². The zero-order chi connectivity index (χ0) is 15.0. The van der Waals surface area contributed by atoms with Crippen LogP contribution in [-0.4, -0.2) is 29.6 Å². The fourth-order valence-corrected chi connectivity index (χ4v) is 1.89. The largest absolute Gasteiger partial charge is 0.481 e. The first-order valence-electron chi connectivity index (χ1n) is 7.02. The lowest BCUT2D eigenvalue weighted by atomic mass is 9.91. The highest BCUT2D eigenvalue weighted by Crippen LogP contribution is 2.17. The molecule has 0 fully saturated rings. The van der Waals surface area contributed by atoms with Gasteiger partial charge in [0.15, 0.2) is 0 Å². The molecule has 0 bridgehead atoms. The minimum Gasteiger partial charge on any atom is -0.481 e. The van der Waals surface area contributed by atoms with Gasteiger partial charge in [0.2, 0.25) is 5.91 Å². The van der Waals surface area contributed by atoms with Gasteiger partial charge in [-0.25, -0.2) is 0 Å². The molecule has 4 N–H and O–H groups in total. The summed E-state index contributed by atoms with van der Waals surface area (Å²) >= 11 is 0. The molecule has 0 saturated carbocycles. The van der Waals surface area contributed by atoms with E-state index in [1.807, 2.05) is 13.8 Å². The van der Waals surface area contributed by atoms with Crippen molar-refractivity contribution in [1.82, 2.24) is 5.32 Å². The van der Waals surface area contributed by atoms with Crippen LogP contribution in [0.2, 0.25) is 0 Å². The van der Waals surface area contributed by atoms with Gasteiger partial charge in [0.25, 0.3) is 0 Å². The molecule has 0 aromatic heterocycles. The number of carboxylic acid groups (broad SMARTS) is 1. The molecule has 3 unspecified atom stereocenters. The summed E-state index contributed by atoms with van der Waals surface area (Å²) in [5.74, 6) is -0.520. The van der Waals surface area contributed by atoms with E-state index < -0.39 is 12.0 Å². The Labute approximate surface area is 115 Å². The Hall–Kier alpha value is -1.10. The minimum absolute atomic E-state index is 0.0317. The number of hydrogen-bond acceptors (Lipinski definition) is 3. The fourth-order valence-electron chi connectivity index (χ4n) is 1.89. The summed E-state index contributed by atoms with van der Waals surface area (Å²) in [6.07, 6.45) is 1.90. The average Bonchev–Trinajstić information content (AvgIpc) is 2.33. The molecule has 19 heavy (non-hydrogen) atoms. The molecule has 3 atom stereocenters. The zero-order valence-corrected chi connectivity index (χ0v) is 12.5. The molecule has 0 aliphatic heterocycles. The van der Waals surface area contributed by atoms with E-state index in [9.17, 15) is 9.59 Å². The summed E-state index contributed by atoms with van der Waals surface area (Å²) in [7, 11) is 0. The molecule has 0 heterocycles. The summed E-state index contributed by atoms with van der Waals surface area (Å²) in [5.41, 5.74) is 5.75. The number of rotatable bonds is 9. The van der Waals surface area contributed by atoms with Crippen molar-refractivity contribution in [2.75, 3.05) is 6.54 Å². The number of carbonyl (C=O) groups excluding carboxylic acids is 1. The van der Waals surface area contributed by atoms with Gasteiger partial charge in [-0.15, -0.1) is 0 Å². The maximum atomic E-state index is 11.7. The highest BCUT2D eigenvalue weighted by Gasteiger charge is 2.20. The molecule has 5 nitrogen and oxygen atoms in total. The molecule has 1 amide bonds. The lowest BCUT2D eigenvalue weighted by Crippen LogP contribution is -2.45. The monoisotopic (exact) mass is 272 g/mol. The van der Waals surface area contributed by atoms with Crippen molar-refractivity contribution in [2.24, 2.45) is 23.5 Å². The van der Waals surface area contributed by atoms with Crippen molar-refractivity contribution in [2.45, 2.75) is 53.0 Å². The van der Waals surface area contributed by atoms with Crippen LogP contribution in [-0.2, 0) is 9.59 Å². The summed E-state index contributed by atoms with van der Waals surface area (Å²) in [6, 6.07) is -0.533. The van der Waals surface area contributed by atoms with Gasteiger partial charge < -0.3 is 16.2 Å². The molecule has 0 aliphatic carbocycles. The van der Waals surface area contributed by atoms with Gasteiger partial charge in [0, 0.05) is 13.0 Å². The predicted octanol–water partition coefficient (Wildman–Crippen LogP) is 1.61. The van der Waals surface area contributed by atoms with Crippen LogP contribution < -0.4 is 11.1 Å². The number of nitrogens with one attached hydrogen (secondary N) is 1. The highest BCUT2D eigenvalue weighted by molar-refractivity contribution is 5.81. The van der Waals surface area contributed by atoms with Gasteiger partial charge in [0.05, 0.1) is 6.04 Å². The number of nitrogens with two attached hydrogens (primary N) is 1. The Morgan fingerprint density at radius 1 is 1.26 bits per heavy atom. The van der Waals surface area contributed by atoms with E-state index in [0.717, 1.165) is 12.8 Å². The van der Waals surface area contributed by atoms with Crippen LogP contribution >= 0.6 is 0 Å². The Morgan fingerprint density at radius 3 is 2.26 bits per heavy atom. The number of hydrogen-bond donors (Lipinski definition) is 3. The van der Waals surface area contributed by atoms with Gasteiger partial charge in [-0.2, -0.15) is 0 Å². The third-order valence-electron chi connectivity index (χ3n) is 3.48. The normalized spacial score (nSPS) is 15.9. The van der Waals surface area contributed by atoms with Crippen molar-refractivity contribution in [3.05, 3.63) is 0 Å². The summed E-state index contributed by atoms with van der Waals surface area (Å²) in [5, 5.41) is 11.7. The van der Waals surface area contributed by atoms with Crippen molar-refractivity contribution in [1.29, 1.82) is 0 Å². The van der Waals surface area contributed by atoms with E-state index >= 15 is 0 Å². The molecule has 0 saturated heterocycles. The van der Waals surface area contributed by atoms with E-state index in [4.69, 9.17) is 10.8 Å². The second-order valence-electron chi connectivity index (χ2n) is 5.73. The number of carboxylic acids is 1. The summed E-state index contributed by atoms with van der Waals surface area (Å²) < 4.78 is 0. The van der Waals surface area contributed by atoms with Crippen LogP contribution in [0.4, 0.5) is 0 Å². The first kappa shape index (κ1) is 17.9. The van der Waals surface area contributed by atoms with Gasteiger partial charge >= 0.3 is 5.97 Å². The first-order valence-corrected chi connectivity index (χ1v) is 7.02. The zero-order valence-electron chi connectivity index (χ0n) is 12.5. The van der Waals surface area contributed by atoms with Crippen LogP contribution in [0.15, 0.2) is 0 Å². The molecule has 0 aliphatic rings. The predicted molar refractivity (Wildman–Crippen MR) is 75.6 cm³/mol. The van der Waals surface area contributed by atoms with Crippen LogP contribution in [0.5, 0.6) is 0 Å². The number of aliphatic carboxylic acids is 1. The van der Waals surface area contributed by atoms with Gasteiger partial charge in [0.1, 0.15) is 0 Å². The molecule has 0 rings (SSSR count). The van der Waals surface area contributed by atoms with Crippen LogP contribution in [0, 0.1) is 17.8 Å². The molecule has 0 radical (unpaired) electrons. The topological polar surface area (TPSA) is 92.4 Å². The molecule has 112 valence electrons. The maximum absolute atomic E-state index is 11.7. The summed E-state index contributed by atoms with van der Waals surface area (Å²) in [6.45, 7) is 8.33. The Kier molecular flexibility index (Phi) is 8.39. The molecule has 0 spiro atoms. The number of amides is 1. The second-order valence-corrected chi connectivity index (χ2v) is 5.73. The molecule has 0 aromatic carbocycles. The van der Waals surface area contributed by atoms with E-state index in [1.165, 1.54) is 0 Å². The van der Waals surface area contributed by atoms with Gasteiger partial charge in [-0.1, -0.05) is 34.1 Å². The van der Waals surface area contributed by atoms with Crippen molar-refractivity contribution in [3.8, 4) is 0 Å². The SMILES string of the molecule is CCC(C)CC(CNC(=O)C(N)C(C)C)CC(=O)O. The van der Waals surface area contributed by atoms with Crippen molar-refractivity contribution < 1.29 is 14.7 Å².